The normalized spacial score (nSPS) is 16.7. The molecule has 1 aromatic heterocycles. The molecule has 0 unspecified atom stereocenters. The van der Waals surface area contributed by atoms with Crippen molar-refractivity contribution in [3.63, 3.8) is 0 Å². The summed E-state index contributed by atoms with van der Waals surface area (Å²) in [5.74, 6) is -0.128. The van der Waals surface area contributed by atoms with Gasteiger partial charge in [-0.15, -0.1) is 11.3 Å². The van der Waals surface area contributed by atoms with E-state index in [4.69, 9.17) is 4.74 Å². The second-order valence-corrected chi connectivity index (χ2v) is 7.98. The Balaban J connectivity index is 1.57. The maximum Gasteiger partial charge on any atom is 0.264 e. The molecule has 1 atom stereocenters. The van der Waals surface area contributed by atoms with E-state index < -0.39 is 0 Å². The summed E-state index contributed by atoms with van der Waals surface area (Å²) in [7, 11) is 0. The second kappa shape index (κ2) is 9.15. The molecule has 2 heterocycles. The highest BCUT2D eigenvalue weighted by molar-refractivity contribution is 7.12. The van der Waals surface area contributed by atoms with Crippen LogP contribution >= 0.6 is 11.3 Å². The molecule has 2 amide bonds. The zero-order chi connectivity index (χ0) is 19.2. The van der Waals surface area contributed by atoms with Crippen molar-refractivity contribution >= 4 is 23.2 Å². The standard InChI is InChI=1S/C21H26N2O3S/c1-15(2)26-14-17-7-3-6-16(12-17)13-22-20(24)18-8-4-10-23(18)21(25)19-9-5-11-27-19/h3,5-7,9,11-12,15,18H,4,8,10,13-14H2,1-2H3,(H,22,24)/t18-/m0/s1. The Morgan fingerprint density at radius 3 is 2.81 bits per heavy atom. The van der Waals surface area contributed by atoms with Gasteiger partial charge in [0.05, 0.1) is 17.6 Å². The summed E-state index contributed by atoms with van der Waals surface area (Å²) in [6.45, 7) is 5.66. The van der Waals surface area contributed by atoms with Crippen LogP contribution in [0, 0.1) is 0 Å². The molecule has 27 heavy (non-hydrogen) atoms. The molecule has 1 N–H and O–H groups in total. The van der Waals surface area contributed by atoms with Crippen LogP contribution in [0.25, 0.3) is 0 Å². The molecule has 0 bridgehead atoms. The van der Waals surface area contributed by atoms with Crippen LogP contribution in [-0.4, -0.2) is 35.4 Å². The Kier molecular flexibility index (Phi) is 6.63. The van der Waals surface area contributed by atoms with Gasteiger partial charge in [-0.05, 0) is 49.3 Å². The number of benzene rings is 1. The van der Waals surface area contributed by atoms with Crippen molar-refractivity contribution in [3.05, 3.63) is 57.8 Å². The highest BCUT2D eigenvalue weighted by Gasteiger charge is 2.34. The van der Waals surface area contributed by atoms with Crippen molar-refractivity contribution in [2.45, 2.75) is 52.0 Å². The Morgan fingerprint density at radius 2 is 2.07 bits per heavy atom. The molecule has 144 valence electrons. The third-order valence-electron chi connectivity index (χ3n) is 4.59. The van der Waals surface area contributed by atoms with Gasteiger partial charge in [-0.25, -0.2) is 0 Å². The average molecular weight is 387 g/mol. The number of thiophene rings is 1. The highest BCUT2D eigenvalue weighted by Crippen LogP contribution is 2.22. The maximum atomic E-state index is 12.7. The molecular weight excluding hydrogens is 360 g/mol. The molecule has 1 fully saturated rings. The molecular formula is C21H26N2O3S. The largest absolute Gasteiger partial charge is 0.374 e. The zero-order valence-electron chi connectivity index (χ0n) is 15.8. The minimum Gasteiger partial charge on any atom is -0.374 e. The summed E-state index contributed by atoms with van der Waals surface area (Å²) in [5, 5.41) is 4.88. The number of hydrogen-bond acceptors (Lipinski definition) is 4. The van der Waals surface area contributed by atoms with Crippen LogP contribution in [0.1, 0.15) is 47.5 Å². The van der Waals surface area contributed by atoms with Gasteiger partial charge in [0, 0.05) is 13.1 Å². The molecule has 3 rings (SSSR count). The van der Waals surface area contributed by atoms with Gasteiger partial charge < -0.3 is 15.0 Å². The van der Waals surface area contributed by atoms with Gasteiger partial charge in [-0.3, -0.25) is 9.59 Å². The first-order valence-corrected chi connectivity index (χ1v) is 10.2. The van der Waals surface area contributed by atoms with Gasteiger partial charge in [0.15, 0.2) is 0 Å². The summed E-state index contributed by atoms with van der Waals surface area (Å²) >= 11 is 1.42. The third kappa shape index (κ3) is 5.17. The Morgan fingerprint density at radius 1 is 1.26 bits per heavy atom. The first kappa shape index (κ1) is 19.6. The lowest BCUT2D eigenvalue weighted by Gasteiger charge is -2.23. The molecule has 0 saturated carbocycles. The van der Waals surface area contributed by atoms with E-state index >= 15 is 0 Å². The van der Waals surface area contributed by atoms with Crippen molar-refractivity contribution in [2.75, 3.05) is 6.54 Å². The van der Waals surface area contributed by atoms with Gasteiger partial charge in [0.1, 0.15) is 6.04 Å². The van der Waals surface area contributed by atoms with Crippen molar-refractivity contribution in [1.82, 2.24) is 10.2 Å². The molecule has 1 aliphatic rings. The Bertz CT molecular complexity index is 773. The Hall–Kier alpha value is -2.18. The predicted octanol–water partition coefficient (Wildman–Crippen LogP) is 3.59. The maximum absolute atomic E-state index is 12.7. The van der Waals surface area contributed by atoms with E-state index in [0.717, 1.165) is 17.5 Å². The van der Waals surface area contributed by atoms with Gasteiger partial charge >= 0.3 is 0 Å². The lowest BCUT2D eigenvalue weighted by Crippen LogP contribution is -2.45. The summed E-state index contributed by atoms with van der Waals surface area (Å²) in [5.41, 5.74) is 2.12. The van der Waals surface area contributed by atoms with Crippen LogP contribution in [0.5, 0.6) is 0 Å². The number of hydrogen-bond donors (Lipinski definition) is 1. The number of likely N-dealkylation sites (tertiary alicyclic amines) is 1. The van der Waals surface area contributed by atoms with Crippen molar-refractivity contribution in [3.8, 4) is 0 Å². The summed E-state index contributed by atoms with van der Waals surface area (Å²) in [4.78, 5) is 27.7. The van der Waals surface area contributed by atoms with E-state index in [1.165, 1.54) is 11.3 Å². The SMILES string of the molecule is CC(C)OCc1cccc(CNC(=O)[C@@H]2CCCN2C(=O)c2cccs2)c1. The van der Waals surface area contributed by atoms with Crippen molar-refractivity contribution in [2.24, 2.45) is 0 Å². The van der Waals surface area contributed by atoms with Crippen LogP contribution in [-0.2, 0) is 22.7 Å². The minimum absolute atomic E-state index is 0.0459. The lowest BCUT2D eigenvalue weighted by atomic mass is 10.1. The molecule has 6 heteroatoms. The number of amides is 2. The fourth-order valence-electron chi connectivity index (χ4n) is 3.22. The van der Waals surface area contributed by atoms with Gasteiger partial charge in [-0.1, -0.05) is 30.3 Å². The number of rotatable bonds is 7. The van der Waals surface area contributed by atoms with E-state index in [2.05, 4.69) is 5.32 Å². The van der Waals surface area contributed by atoms with Crippen LogP contribution < -0.4 is 5.32 Å². The number of nitrogens with zero attached hydrogens (tertiary/aromatic N) is 1. The van der Waals surface area contributed by atoms with E-state index in [1.54, 1.807) is 4.90 Å². The molecule has 1 saturated heterocycles. The van der Waals surface area contributed by atoms with Crippen molar-refractivity contribution in [1.29, 1.82) is 0 Å². The molecule has 5 nitrogen and oxygen atoms in total. The number of ether oxygens (including phenoxy) is 1. The lowest BCUT2D eigenvalue weighted by molar-refractivity contribution is -0.125. The first-order valence-electron chi connectivity index (χ1n) is 9.36. The third-order valence-corrected chi connectivity index (χ3v) is 5.45. The quantitative estimate of drug-likeness (QED) is 0.791. The van der Waals surface area contributed by atoms with Gasteiger partial charge in [0.25, 0.3) is 5.91 Å². The molecule has 2 aromatic rings. The number of carbonyl (C=O) groups is 2. The number of nitrogens with one attached hydrogen (secondary N) is 1. The van der Waals surface area contributed by atoms with Crippen LogP contribution in [0.4, 0.5) is 0 Å². The molecule has 0 spiro atoms. The smallest absolute Gasteiger partial charge is 0.264 e. The summed E-state index contributed by atoms with van der Waals surface area (Å²) in [6.07, 6.45) is 1.75. The van der Waals surface area contributed by atoms with Crippen LogP contribution in [0.2, 0.25) is 0 Å². The van der Waals surface area contributed by atoms with Crippen LogP contribution in [0.15, 0.2) is 41.8 Å². The van der Waals surface area contributed by atoms with Crippen molar-refractivity contribution < 1.29 is 14.3 Å². The average Bonchev–Trinajstić information content (AvgIpc) is 3.36. The molecule has 1 aromatic carbocycles. The second-order valence-electron chi connectivity index (χ2n) is 7.03. The summed E-state index contributed by atoms with van der Waals surface area (Å²) in [6, 6.07) is 11.3. The monoisotopic (exact) mass is 386 g/mol. The van der Waals surface area contributed by atoms with Gasteiger partial charge in [0.2, 0.25) is 5.91 Å². The fraction of sp³-hybridized carbons (Fsp3) is 0.429. The van der Waals surface area contributed by atoms with E-state index in [1.807, 2.05) is 55.6 Å². The first-order chi connectivity index (χ1) is 13.0. The molecule has 0 aliphatic carbocycles. The predicted molar refractivity (Wildman–Crippen MR) is 107 cm³/mol. The van der Waals surface area contributed by atoms with Gasteiger partial charge in [-0.2, -0.15) is 0 Å². The Labute approximate surface area is 164 Å². The van der Waals surface area contributed by atoms with Crippen LogP contribution in [0.3, 0.4) is 0 Å². The minimum atomic E-state index is -0.382. The van der Waals surface area contributed by atoms with E-state index in [9.17, 15) is 9.59 Å². The topological polar surface area (TPSA) is 58.6 Å². The zero-order valence-corrected chi connectivity index (χ0v) is 16.6. The molecule has 0 radical (unpaired) electrons. The van der Waals surface area contributed by atoms with E-state index in [-0.39, 0.29) is 24.0 Å². The summed E-state index contributed by atoms with van der Waals surface area (Å²) < 4.78 is 5.64. The molecule has 1 aliphatic heterocycles. The fourth-order valence-corrected chi connectivity index (χ4v) is 3.90. The number of carbonyl (C=O) groups excluding carboxylic acids is 2. The van der Waals surface area contributed by atoms with E-state index in [0.29, 0.717) is 31.0 Å². The highest BCUT2D eigenvalue weighted by atomic mass is 32.1.